The van der Waals surface area contributed by atoms with Gasteiger partial charge in [0.2, 0.25) is 14.4 Å². The summed E-state index contributed by atoms with van der Waals surface area (Å²) in [6.07, 6.45) is -0.476. The Morgan fingerprint density at radius 3 is 1.96 bits per heavy atom. The summed E-state index contributed by atoms with van der Waals surface area (Å²) in [7, 11) is -2.83. The van der Waals surface area contributed by atoms with Crippen LogP contribution in [0.2, 0.25) is 11.6 Å². The topological polar surface area (TPSA) is 119 Å². The Bertz CT molecular complexity index is 1620. The third kappa shape index (κ3) is 10.8. The molecule has 0 fully saturated rings. The van der Waals surface area contributed by atoms with Gasteiger partial charge in [-0.3, -0.25) is 0 Å². The molecular formula is C41H55NO9Si. The van der Waals surface area contributed by atoms with Crippen molar-refractivity contribution in [2.24, 2.45) is 0 Å². The molecule has 52 heavy (non-hydrogen) atoms. The minimum Gasteiger partial charge on any atom is -0.482 e. The molecule has 1 N–H and O–H groups in total. The molecule has 0 aromatic heterocycles. The van der Waals surface area contributed by atoms with E-state index in [2.05, 4.69) is 50.4 Å². The van der Waals surface area contributed by atoms with Gasteiger partial charge in [-0.2, -0.15) is 0 Å². The van der Waals surface area contributed by atoms with Crippen LogP contribution < -0.4 is 14.8 Å². The number of ether oxygens (including phenoxy) is 5. The van der Waals surface area contributed by atoms with Crippen LogP contribution in [0.25, 0.3) is 11.1 Å². The molecule has 3 aromatic carbocycles. The van der Waals surface area contributed by atoms with Crippen molar-refractivity contribution in [2.75, 3.05) is 26.0 Å². The number of fused-ring (bicyclic) bond motifs is 3. The highest BCUT2D eigenvalue weighted by Gasteiger charge is 2.46. The molecule has 3 unspecified atom stereocenters. The third-order valence-corrected chi connectivity index (χ3v) is 14.1. The van der Waals surface area contributed by atoms with Gasteiger partial charge >= 0.3 is 18.0 Å². The highest BCUT2D eigenvalue weighted by atomic mass is 28.4. The SMILES string of the molecule is CCCCOC(=O)COc1ccc(OC(C(=O)OCC2c3ccccc3-c3ccccc32)C(C)O[Si](C)(CNC(=O)OC(C)(C)C)C(C)(C)C)cc1. The van der Waals surface area contributed by atoms with Crippen LogP contribution in [0.1, 0.15) is 85.3 Å². The fourth-order valence-corrected chi connectivity index (χ4v) is 8.20. The van der Waals surface area contributed by atoms with Crippen molar-refractivity contribution in [2.45, 2.75) is 104 Å². The molecule has 3 atom stereocenters. The van der Waals surface area contributed by atoms with E-state index in [-0.39, 0.29) is 30.3 Å². The fourth-order valence-electron chi connectivity index (χ4n) is 5.81. The first-order chi connectivity index (χ1) is 24.5. The number of carbonyl (C=O) groups is 3. The molecule has 4 rings (SSSR count). The van der Waals surface area contributed by atoms with E-state index in [1.807, 2.05) is 58.5 Å². The van der Waals surface area contributed by atoms with Crippen molar-refractivity contribution in [1.29, 1.82) is 0 Å². The first kappa shape index (κ1) is 40.4. The smallest absolute Gasteiger partial charge is 0.407 e. The van der Waals surface area contributed by atoms with Crippen molar-refractivity contribution in [3.05, 3.63) is 83.9 Å². The molecule has 0 aliphatic heterocycles. The molecule has 0 saturated heterocycles. The van der Waals surface area contributed by atoms with Gasteiger partial charge in [-0.25, -0.2) is 14.4 Å². The average Bonchev–Trinajstić information content (AvgIpc) is 3.40. The Hall–Kier alpha value is -4.35. The molecule has 11 heteroatoms. The Morgan fingerprint density at radius 1 is 0.827 bits per heavy atom. The van der Waals surface area contributed by atoms with Crippen LogP contribution in [-0.2, 0) is 28.2 Å². The number of amides is 1. The molecule has 1 aliphatic rings. The van der Waals surface area contributed by atoms with Crippen LogP contribution in [-0.4, -0.2) is 70.1 Å². The lowest BCUT2D eigenvalue weighted by Crippen LogP contribution is -2.58. The molecule has 1 aliphatic carbocycles. The second kappa shape index (κ2) is 17.4. The predicted molar refractivity (Wildman–Crippen MR) is 203 cm³/mol. The number of nitrogens with one attached hydrogen (secondary N) is 1. The molecule has 0 radical (unpaired) electrons. The minimum absolute atomic E-state index is 0.120. The second-order valence-electron chi connectivity index (χ2n) is 15.4. The Morgan fingerprint density at radius 2 is 1.40 bits per heavy atom. The fraction of sp³-hybridized carbons (Fsp3) is 0.488. The van der Waals surface area contributed by atoms with Crippen LogP contribution in [0.3, 0.4) is 0 Å². The highest BCUT2D eigenvalue weighted by Crippen LogP contribution is 2.44. The van der Waals surface area contributed by atoms with Crippen LogP contribution in [0.4, 0.5) is 4.79 Å². The molecule has 0 bridgehead atoms. The summed E-state index contributed by atoms with van der Waals surface area (Å²) in [5.74, 6) is -0.316. The standard InChI is InChI=1S/C41H55NO9Si/c1-10-11-24-46-36(43)26-47-29-20-22-30(23-21-29)49-37(28(2)51-52(9,41(6,7)8)27-42-39(45)50-40(3,4)5)38(44)48-25-35-33-18-14-12-16-31(33)32-17-13-15-19-34(32)35/h12-23,28,35,37H,10-11,24-27H2,1-9H3,(H,42,45). The van der Waals surface area contributed by atoms with E-state index >= 15 is 0 Å². The number of hydrogen-bond acceptors (Lipinski definition) is 9. The summed E-state index contributed by atoms with van der Waals surface area (Å²) < 4.78 is 35.5. The first-order valence-corrected chi connectivity index (χ1v) is 20.7. The average molecular weight is 734 g/mol. The molecule has 1 amide bonds. The third-order valence-electron chi connectivity index (χ3n) is 9.22. The van der Waals surface area contributed by atoms with Crippen LogP contribution in [0, 0.1) is 0 Å². The minimum atomic E-state index is -2.83. The second-order valence-corrected chi connectivity index (χ2v) is 19.9. The summed E-state index contributed by atoms with van der Waals surface area (Å²) in [4.78, 5) is 38.8. The summed E-state index contributed by atoms with van der Waals surface area (Å²) >= 11 is 0. The molecule has 0 saturated carbocycles. The van der Waals surface area contributed by atoms with Gasteiger partial charge in [-0.15, -0.1) is 0 Å². The zero-order chi connectivity index (χ0) is 38.1. The van der Waals surface area contributed by atoms with E-state index in [1.54, 1.807) is 31.2 Å². The van der Waals surface area contributed by atoms with Gasteiger partial charge in [0.25, 0.3) is 0 Å². The van der Waals surface area contributed by atoms with Gasteiger partial charge in [0, 0.05) is 12.1 Å². The molecular weight excluding hydrogens is 679 g/mol. The van der Waals surface area contributed by atoms with Gasteiger partial charge in [0.1, 0.15) is 23.7 Å². The molecule has 282 valence electrons. The zero-order valence-electron chi connectivity index (χ0n) is 32.1. The van der Waals surface area contributed by atoms with Crippen LogP contribution in [0.5, 0.6) is 11.5 Å². The normalized spacial score (nSPS) is 14.9. The molecule has 10 nitrogen and oxygen atoms in total. The Balaban J connectivity index is 1.53. The number of unbranched alkanes of at least 4 members (excludes halogenated alkanes) is 1. The summed E-state index contributed by atoms with van der Waals surface area (Å²) in [6, 6.07) is 23.0. The maximum absolute atomic E-state index is 14.1. The predicted octanol–water partition coefficient (Wildman–Crippen LogP) is 8.36. The maximum Gasteiger partial charge on any atom is 0.407 e. The van der Waals surface area contributed by atoms with Gasteiger partial charge in [-0.1, -0.05) is 82.6 Å². The number of alkyl carbamates (subject to hydrolysis) is 1. The van der Waals surface area contributed by atoms with Crippen molar-refractivity contribution in [3.8, 4) is 22.6 Å². The highest BCUT2D eigenvalue weighted by molar-refractivity contribution is 6.75. The van der Waals surface area contributed by atoms with E-state index in [1.165, 1.54) is 0 Å². The molecule has 3 aromatic rings. The summed E-state index contributed by atoms with van der Waals surface area (Å²) in [6.45, 7) is 17.7. The van der Waals surface area contributed by atoms with E-state index in [0.717, 1.165) is 35.1 Å². The maximum atomic E-state index is 14.1. The van der Waals surface area contributed by atoms with Crippen LogP contribution >= 0.6 is 0 Å². The van der Waals surface area contributed by atoms with Crippen molar-refractivity contribution in [3.63, 3.8) is 0 Å². The number of esters is 2. The molecule has 0 spiro atoms. The number of rotatable bonds is 16. The number of hydrogen-bond donors (Lipinski definition) is 1. The summed E-state index contributed by atoms with van der Waals surface area (Å²) in [5.41, 5.74) is 3.81. The molecule has 0 heterocycles. The monoisotopic (exact) mass is 733 g/mol. The van der Waals surface area contributed by atoms with Crippen molar-refractivity contribution in [1.82, 2.24) is 5.32 Å². The van der Waals surface area contributed by atoms with Gasteiger partial charge in [0.15, 0.2) is 6.61 Å². The lowest BCUT2D eigenvalue weighted by molar-refractivity contribution is -0.156. The Labute approximate surface area is 309 Å². The number of benzene rings is 3. The van der Waals surface area contributed by atoms with Gasteiger partial charge in [0.05, 0.1) is 12.7 Å². The Kier molecular flexibility index (Phi) is 13.6. The largest absolute Gasteiger partial charge is 0.482 e. The quantitative estimate of drug-likeness (QED) is 0.0671. The van der Waals surface area contributed by atoms with Crippen molar-refractivity contribution >= 4 is 26.3 Å². The zero-order valence-corrected chi connectivity index (χ0v) is 33.1. The van der Waals surface area contributed by atoms with Gasteiger partial charge < -0.3 is 33.4 Å². The van der Waals surface area contributed by atoms with Gasteiger partial charge in [-0.05, 0) is 92.2 Å². The van der Waals surface area contributed by atoms with E-state index in [4.69, 9.17) is 28.1 Å². The first-order valence-electron chi connectivity index (χ1n) is 18.1. The van der Waals surface area contributed by atoms with E-state index in [0.29, 0.717) is 18.1 Å². The van der Waals surface area contributed by atoms with E-state index in [9.17, 15) is 14.4 Å². The number of carbonyl (C=O) groups excluding carboxylic acids is 3. The lowest BCUT2D eigenvalue weighted by atomic mass is 9.98. The van der Waals surface area contributed by atoms with Crippen molar-refractivity contribution < 1.29 is 42.5 Å². The summed E-state index contributed by atoms with van der Waals surface area (Å²) in [5, 5.41) is 2.55. The lowest BCUT2D eigenvalue weighted by Gasteiger charge is -2.42. The van der Waals surface area contributed by atoms with E-state index < -0.39 is 44.2 Å². The van der Waals surface area contributed by atoms with Crippen LogP contribution in [0.15, 0.2) is 72.8 Å².